The number of anilines is 2. The first-order valence-electron chi connectivity index (χ1n) is 11.5. The minimum absolute atomic E-state index is 0.0871. The zero-order valence-corrected chi connectivity index (χ0v) is 19.0. The van der Waals surface area contributed by atoms with Crippen LogP contribution in [0.15, 0.2) is 48.5 Å². The zero-order chi connectivity index (χ0) is 24.1. The van der Waals surface area contributed by atoms with E-state index < -0.39 is 0 Å². The molecule has 4 N–H and O–H groups in total. The van der Waals surface area contributed by atoms with Crippen LogP contribution in [0.25, 0.3) is 0 Å². The number of likely N-dealkylation sites (tertiary alicyclic amines) is 1. The van der Waals surface area contributed by atoms with E-state index in [9.17, 15) is 19.2 Å². The summed E-state index contributed by atoms with van der Waals surface area (Å²) < 4.78 is 0. The van der Waals surface area contributed by atoms with Gasteiger partial charge in [0.25, 0.3) is 5.91 Å². The Morgan fingerprint density at radius 1 is 1.00 bits per heavy atom. The molecule has 178 valence electrons. The fraction of sp³-hybridized carbons (Fsp3) is 0.360. The Hall–Kier alpha value is -3.72. The highest BCUT2D eigenvalue weighted by Crippen LogP contribution is 2.24. The Bertz CT molecular complexity index is 1080. The maximum absolute atomic E-state index is 12.5. The van der Waals surface area contributed by atoms with Crippen molar-refractivity contribution in [3.63, 3.8) is 0 Å². The van der Waals surface area contributed by atoms with Crippen LogP contribution in [0.1, 0.15) is 41.6 Å². The molecule has 2 fully saturated rings. The zero-order valence-electron chi connectivity index (χ0n) is 19.0. The number of carbonyl (C=O) groups is 4. The molecule has 0 saturated carbocycles. The summed E-state index contributed by atoms with van der Waals surface area (Å²) in [5.74, 6) is -0.970. The number of benzene rings is 2. The number of nitrogens with one attached hydrogen (secondary N) is 2. The standard InChI is InChI=1S/C25H29N5O4/c26-24(33)21-7-3-13-29(21)16-18-5-1-2-6-20(18)28-22(31)15-27-25(34)17-9-11-19(12-10-17)30-14-4-8-23(30)32/h1-2,5-6,9-12,21H,3-4,7-8,13-16H2,(H2,26,33)(H,27,34)(H,28,31). The van der Waals surface area contributed by atoms with Gasteiger partial charge in [-0.2, -0.15) is 0 Å². The first-order chi connectivity index (χ1) is 16.4. The van der Waals surface area contributed by atoms with Crippen molar-refractivity contribution in [1.29, 1.82) is 0 Å². The summed E-state index contributed by atoms with van der Waals surface area (Å²) in [4.78, 5) is 52.3. The molecule has 2 saturated heterocycles. The molecule has 2 heterocycles. The van der Waals surface area contributed by atoms with Crippen molar-refractivity contribution in [2.75, 3.05) is 29.9 Å². The number of hydrogen-bond acceptors (Lipinski definition) is 5. The van der Waals surface area contributed by atoms with Crippen LogP contribution in [0.5, 0.6) is 0 Å². The van der Waals surface area contributed by atoms with E-state index in [2.05, 4.69) is 10.6 Å². The fourth-order valence-electron chi connectivity index (χ4n) is 4.51. The van der Waals surface area contributed by atoms with Gasteiger partial charge in [-0.15, -0.1) is 0 Å². The largest absolute Gasteiger partial charge is 0.368 e. The Balaban J connectivity index is 1.31. The third kappa shape index (κ3) is 5.43. The lowest BCUT2D eigenvalue weighted by molar-refractivity contribution is -0.122. The lowest BCUT2D eigenvalue weighted by Gasteiger charge is -2.23. The van der Waals surface area contributed by atoms with Crippen LogP contribution in [-0.2, 0) is 20.9 Å². The molecule has 0 bridgehead atoms. The number of para-hydroxylation sites is 1. The Kier molecular flexibility index (Phi) is 7.22. The summed E-state index contributed by atoms with van der Waals surface area (Å²) in [5, 5.41) is 5.47. The summed E-state index contributed by atoms with van der Waals surface area (Å²) in [6, 6.07) is 13.9. The third-order valence-corrected chi connectivity index (χ3v) is 6.28. The molecule has 0 spiro atoms. The van der Waals surface area contributed by atoms with Crippen LogP contribution in [0.2, 0.25) is 0 Å². The van der Waals surface area contributed by atoms with Crippen molar-refractivity contribution in [2.24, 2.45) is 5.73 Å². The van der Waals surface area contributed by atoms with Gasteiger partial charge in [0.05, 0.1) is 12.6 Å². The molecule has 2 aliphatic heterocycles. The Labute approximate surface area is 198 Å². The Morgan fingerprint density at radius 2 is 1.76 bits per heavy atom. The molecule has 9 nitrogen and oxygen atoms in total. The number of nitrogens with two attached hydrogens (primary N) is 1. The molecule has 34 heavy (non-hydrogen) atoms. The number of nitrogens with zero attached hydrogens (tertiary/aromatic N) is 2. The smallest absolute Gasteiger partial charge is 0.251 e. The molecule has 4 amide bonds. The minimum Gasteiger partial charge on any atom is -0.368 e. The monoisotopic (exact) mass is 463 g/mol. The van der Waals surface area contributed by atoms with Gasteiger partial charge >= 0.3 is 0 Å². The maximum atomic E-state index is 12.5. The van der Waals surface area contributed by atoms with Crippen LogP contribution in [0.4, 0.5) is 11.4 Å². The quantitative estimate of drug-likeness (QED) is 0.549. The second-order valence-corrected chi connectivity index (χ2v) is 8.61. The predicted octanol–water partition coefficient (Wildman–Crippen LogP) is 1.63. The van der Waals surface area contributed by atoms with Gasteiger partial charge in [-0.1, -0.05) is 18.2 Å². The van der Waals surface area contributed by atoms with Crippen LogP contribution >= 0.6 is 0 Å². The highest BCUT2D eigenvalue weighted by Gasteiger charge is 2.29. The van der Waals surface area contributed by atoms with E-state index in [-0.39, 0.29) is 36.2 Å². The van der Waals surface area contributed by atoms with Crippen molar-refractivity contribution in [3.05, 3.63) is 59.7 Å². The van der Waals surface area contributed by atoms with Crippen molar-refractivity contribution < 1.29 is 19.2 Å². The first kappa shape index (κ1) is 23.4. The molecule has 2 aromatic rings. The van der Waals surface area contributed by atoms with Gasteiger partial charge in [-0.05, 0) is 61.7 Å². The first-order valence-corrected chi connectivity index (χ1v) is 11.5. The number of amides is 4. The van der Waals surface area contributed by atoms with Crippen molar-refractivity contribution in [3.8, 4) is 0 Å². The van der Waals surface area contributed by atoms with Crippen LogP contribution in [0.3, 0.4) is 0 Å². The van der Waals surface area contributed by atoms with Crippen molar-refractivity contribution in [1.82, 2.24) is 10.2 Å². The molecule has 2 aliphatic rings. The SMILES string of the molecule is NC(=O)C1CCCN1Cc1ccccc1NC(=O)CNC(=O)c1ccc(N2CCCC2=O)cc1. The molecular formula is C25H29N5O4. The van der Waals surface area contributed by atoms with Crippen molar-refractivity contribution in [2.45, 2.75) is 38.3 Å². The van der Waals surface area contributed by atoms with Crippen LogP contribution in [0, 0.1) is 0 Å². The average molecular weight is 464 g/mol. The van der Waals surface area contributed by atoms with Gasteiger partial charge in [0.15, 0.2) is 0 Å². The summed E-state index contributed by atoms with van der Waals surface area (Å²) in [6.07, 6.45) is 3.03. The molecular weight excluding hydrogens is 434 g/mol. The predicted molar refractivity (Wildman–Crippen MR) is 128 cm³/mol. The molecule has 0 aliphatic carbocycles. The van der Waals surface area contributed by atoms with Gasteiger partial charge in [0.2, 0.25) is 17.7 Å². The highest BCUT2D eigenvalue weighted by atomic mass is 16.2. The van der Waals surface area contributed by atoms with Crippen molar-refractivity contribution >= 4 is 35.0 Å². The number of carbonyl (C=O) groups excluding carboxylic acids is 4. The molecule has 2 aromatic carbocycles. The second-order valence-electron chi connectivity index (χ2n) is 8.61. The second kappa shape index (κ2) is 10.5. The summed E-state index contributed by atoms with van der Waals surface area (Å²) in [7, 11) is 0. The maximum Gasteiger partial charge on any atom is 0.251 e. The Morgan fingerprint density at radius 3 is 2.47 bits per heavy atom. The fourth-order valence-corrected chi connectivity index (χ4v) is 4.51. The molecule has 1 unspecified atom stereocenters. The lowest BCUT2D eigenvalue weighted by atomic mass is 10.1. The van der Waals surface area contributed by atoms with E-state index in [0.717, 1.165) is 37.1 Å². The van der Waals surface area contributed by atoms with Gasteiger partial charge in [-0.25, -0.2) is 0 Å². The van der Waals surface area contributed by atoms with Crippen LogP contribution < -0.4 is 21.3 Å². The number of hydrogen-bond donors (Lipinski definition) is 3. The normalized spacial score (nSPS) is 18.2. The summed E-state index contributed by atoms with van der Waals surface area (Å²) >= 11 is 0. The van der Waals surface area contributed by atoms with Gasteiger partial charge in [0.1, 0.15) is 0 Å². The summed E-state index contributed by atoms with van der Waals surface area (Å²) in [6.45, 7) is 1.78. The van der Waals surface area contributed by atoms with E-state index in [1.54, 1.807) is 35.2 Å². The number of rotatable bonds is 8. The van der Waals surface area contributed by atoms with E-state index in [1.165, 1.54) is 0 Å². The summed E-state index contributed by atoms with van der Waals surface area (Å²) in [5.41, 5.74) is 8.21. The molecule has 4 rings (SSSR count). The van der Waals surface area contributed by atoms with Gasteiger partial charge in [0, 0.05) is 36.4 Å². The lowest BCUT2D eigenvalue weighted by Crippen LogP contribution is -2.40. The van der Waals surface area contributed by atoms with Gasteiger partial charge < -0.3 is 21.3 Å². The molecule has 0 radical (unpaired) electrons. The highest BCUT2D eigenvalue weighted by molar-refractivity contribution is 6.00. The van der Waals surface area contributed by atoms with E-state index in [4.69, 9.17) is 5.73 Å². The molecule has 1 atom stereocenters. The average Bonchev–Trinajstić information content (AvgIpc) is 3.48. The third-order valence-electron chi connectivity index (χ3n) is 6.28. The van der Waals surface area contributed by atoms with Gasteiger partial charge in [-0.3, -0.25) is 24.1 Å². The topological polar surface area (TPSA) is 125 Å². The molecule has 0 aromatic heterocycles. The minimum atomic E-state index is -0.371. The van der Waals surface area contributed by atoms with E-state index >= 15 is 0 Å². The van der Waals surface area contributed by atoms with Crippen LogP contribution in [-0.4, -0.2) is 54.2 Å². The number of primary amides is 1. The van der Waals surface area contributed by atoms with E-state index in [1.807, 2.05) is 23.1 Å². The van der Waals surface area contributed by atoms with E-state index in [0.29, 0.717) is 30.8 Å². The molecule has 9 heteroatoms.